The Morgan fingerprint density at radius 3 is 2.67 bits per heavy atom. The van der Waals surface area contributed by atoms with E-state index in [2.05, 4.69) is 21.0 Å². The summed E-state index contributed by atoms with van der Waals surface area (Å²) in [5.74, 6) is -0.0724. The monoisotopic (exact) mass is 312 g/mol. The summed E-state index contributed by atoms with van der Waals surface area (Å²) in [6, 6.07) is 5.12. The van der Waals surface area contributed by atoms with Gasteiger partial charge in [0.25, 0.3) is 0 Å². The van der Waals surface area contributed by atoms with Crippen LogP contribution in [0.2, 0.25) is 0 Å². The van der Waals surface area contributed by atoms with Gasteiger partial charge in [-0.15, -0.1) is 0 Å². The number of nitrogens with zero attached hydrogens (tertiary/aromatic N) is 2. The second-order valence-corrected chi connectivity index (χ2v) is 4.87. The van der Waals surface area contributed by atoms with Crippen molar-refractivity contribution in [2.45, 2.75) is 20.4 Å². The third kappa shape index (κ3) is 2.27. The number of hydrogen-bond donors (Lipinski definition) is 0. The van der Waals surface area contributed by atoms with Gasteiger partial charge in [0.05, 0.1) is 29.5 Å². The molecule has 3 nitrogen and oxygen atoms in total. The molecule has 1 heterocycles. The lowest BCUT2D eigenvalue weighted by Crippen LogP contribution is -2.06. The minimum atomic E-state index is -0.330. The number of benzene rings is 1. The Morgan fingerprint density at radius 2 is 2.11 bits per heavy atom. The first kappa shape index (κ1) is 13.1. The second kappa shape index (κ2) is 5.10. The first-order chi connectivity index (χ1) is 8.54. The van der Waals surface area contributed by atoms with Gasteiger partial charge in [-0.2, -0.15) is 5.10 Å². The van der Waals surface area contributed by atoms with Gasteiger partial charge in [0.1, 0.15) is 0 Å². The highest BCUT2D eigenvalue weighted by atomic mass is 79.9. The van der Waals surface area contributed by atoms with Crippen LogP contribution in [0.3, 0.4) is 0 Å². The van der Waals surface area contributed by atoms with E-state index in [4.69, 9.17) is 4.74 Å². The van der Waals surface area contributed by atoms with Crippen LogP contribution in [0.1, 0.15) is 17.0 Å². The van der Waals surface area contributed by atoms with Crippen LogP contribution in [0.15, 0.2) is 22.7 Å². The van der Waals surface area contributed by atoms with Crippen molar-refractivity contribution in [3.63, 3.8) is 0 Å². The average molecular weight is 313 g/mol. The summed E-state index contributed by atoms with van der Waals surface area (Å²) in [5.41, 5.74) is 2.44. The molecule has 96 valence electrons. The Hall–Kier alpha value is -1.36. The lowest BCUT2D eigenvalue weighted by molar-refractivity contribution is 0.383. The molecule has 0 fully saturated rings. The van der Waals surface area contributed by atoms with Crippen molar-refractivity contribution < 1.29 is 9.13 Å². The fourth-order valence-electron chi connectivity index (χ4n) is 1.83. The average Bonchev–Trinajstić information content (AvgIpc) is 2.60. The number of methoxy groups -OCH3 is 1. The van der Waals surface area contributed by atoms with Gasteiger partial charge in [-0.05, 0) is 35.8 Å². The summed E-state index contributed by atoms with van der Waals surface area (Å²) in [7, 11) is 1.46. The van der Waals surface area contributed by atoms with Crippen LogP contribution < -0.4 is 4.74 Å². The molecule has 1 aromatic carbocycles. The fourth-order valence-corrected chi connectivity index (χ4v) is 2.11. The predicted octanol–water partition coefficient (Wildman–Crippen LogP) is 3.46. The highest BCUT2D eigenvalue weighted by Crippen LogP contribution is 2.24. The zero-order chi connectivity index (χ0) is 13.3. The molecule has 0 saturated carbocycles. The van der Waals surface area contributed by atoms with Gasteiger partial charge in [0.15, 0.2) is 11.6 Å². The minimum absolute atomic E-state index is 0.257. The van der Waals surface area contributed by atoms with Crippen molar-refractivity contribution in [2.75, 3.05) is 7.11 Å². The number of ether oxygens (including phenoxy) is 1. The van der Waals surface area contributed by atoms with E-state index < -0.39 is 0 Å². The van der Waals surface area contributed by atoms with Gasteiger partial charge < -0.3 is 4.74 Å². The van der Waals surface area contributed by atoms with Crippen molar-refractivity contribution >= 4 is 15.9 Å². The van der Waals surface area contributed by atoms with Gasteiger partial charge in [-0.25, -0.2) is 4.39 Å². The molecule has 0 atom stereocenters. The van der Waals surface area contributed by atoms with E-state index in [9.17, 15) is 4.39 Å². The number of rotatable bonds is 3. The molecule has 0 N–H and O–H groups in total. The maximum atomic E-state index is 14.0. The van der Waals surface area contributed by atoms with Crippen molar-refractivity contribution in [1.82, 2.24) is 9.78 Å². The molecule has 0 aliphatic carbocycles. The van der Waals surface area contributed by atoms with Crippen LogP contribution >= 0.6 is 15.9 Å². The van der Waals surface area contributed by atoms with Gasteiger partial charge in [0, 0.05) is 5.56 Å². The Morgan fingerprint density at radius 1 is 1.39 bits per heavy atom. The molecule has 0 unspecified atom stereocenters. The lowest BCUT2D eigenvalue weighted by atomic mass is 10.2. The lowest BCUT2D eigenvalue weighted by Gasteiger charge is -2.08. The third-order valence-electron chi connectivity index (χ3n) is 2.88. The predicted molar refractivity (Wildman–Crippen MR) is 71.5 cm³/mol. The molecule has 0 aliphatic heterocycles. The van der Waals surface area contributed by atoms with Gasteiger partial charge in [-0.3, -0.25) is 4.68 Å². The summed E-state index contributed by atoms with van der Waals surface area (Å²) >= 11 is 3.46. The molecule has 5 heteroatoms. The largest absolute Gasteiger partial charge is 0.494 e. The van der Waals surface area contributed by atoms with Crippen LogP contribution in [0.5, 0.6) is 5.75 Å². The van der Waals surface area contributed by atoms with Crippen LogP contribution in [-0.2, 0) is 6.54 Å². The van der Waals surface area contributed by atoms with E-state index in [1.165, 1.54) is 7.11 Å². The second-order valence-electron chi connectivity index (χ2n) is 4.08. The van der Waals surface area contributed by atoms with E-state index in [1.807, 2.05) is 13.8 Å². The van der Waals surface area contributed by atoms with Gasteiger partial charge in [0.2, 0.25) is 0 Å². The SMILES string of the molecule is COc1cccc(Cn2nc(C)c(Br)c2C)c1F. The zero-order valence-corrected chi connectivity index (χ0v) is 12.1. The highest BCUT2D eigenvalue weighted by Gasteiger charge is 2.13. The molecule has 1 aromatic heterocycles. The Bertz CT molecular complexity index is 581. The maximum Gasteiger partial charge on any atom is 0.170 e. The van der Waals surface area contributed by atoms with Crippen LogP contribution in [0.4, 0.5) is 4.39 Å². The molecule has 2 rings (SSSR count). The molecular formula is C13H14BrFN2O. The Labute approximate surface area is 114 Å². The minimum Gasteiger partial charge on any atom is -0.494 e. The normalized spacial score (nSPS) is 10.7. The van der Waals surface area contributed by atoms with E-state index in [-0.39, 0.29) is 11.6 Å². The van der Waals surface area contributed by atoms with Crippen molar-refractivity contribution in [3.05, 3.63) is 45.4 Å². The standard InChI is InChI=1S/C13H14BrFN2O/c1-8-12(14)9(2)17(16-8)7-10-5-4-6-11(18-3)13(10)15/h4-6H,7H2,1-3H3. The van der Waals surface area contributed by atoms with Gasteiger partial charge in [-0.1, -0.05) is 12.1 Å². The summed E-state index contributed by atoms with van der Waals surface area (Å²) in [4.78, 5) is 0. The summed E-state index contributed by atoms with van der Waals surface area (Å²) < 4.78 is 21.7. The fraction of sp³-hybridized carbons (Fsp3) is 0.308. The van der Waals surface area contributed by atoms with Crippen molar-refractivity contribution in [1.29, 1.82) is 0 Å². The summed E-state index contributed by atoms with van der Waals surface area (Å²) in [6.07, 6.45) is 0. The topological polar surface area (TPSA) is 27.1 Å². The first-order valence-electron chi connectivity index (χ1n) is 5.55. The van der Waals surface area contributed by atoms with Crippen LogP contribution in [-0.4, -0.2) is 16.9 Å². The quantitative estimate of drug-likeness (QED) is 0.868. The molecule has 0 spiro atoms. The smallest absolute Gasteiger partial charge is 0.170 e. The van der Waals surface area contributed by atoms with E-state index >= 15 is 0 Å². The number of aromatic nitrogens is 2. The first-order valence-corrected chi connectivity index (χ1v) is 6.34. The van der Waals surface area contributed by atoms with Crippen LogP contribution in [0.25, 0.3) is 0 Å². The van der Waals surface area contributed by atoms with E-state index in [0.717, 1.165) is 15.9 Å². The molecule has 2 aromatic rings. The number of halogens is 2. The highest BCUT2D eigenvalue weighted by molar-refractivity contribution is 9.10. The molecule has 0 bridgehead atoms. The van der Waals surface area contributed by atoms with Crippen LogP contribution in [0, 0.1) is 19.7 Å². The molecule has 0 saturated heterocycles. The van der Waals surface area contributed by atoms with E-state index in [1.54, 1.807) is 22.9 Å². The summed E-state index contributed by atoms with van der Waals surface area (Å²) in [5, 5.41) is 4.36. The molecule has 0 amide bonds. The number of hydrogen-bond acceptors (Lipinski definition) is 2. The van der Waals surface area contributed by atoms with Crippen molar-refractivity contribution in [2.24, 2.45) is 0 Å². The molecule has 0 aliphatic rings. The molecule has 18 heavy (non-hydrogen) atoms. The Balaban J connectivity index is 2.37. The summed E-state index contributed by atoms with van der Waals surface area (Å²) in [6.45, 7) is 4.25. The third-order valence-corrected chi connectivity index (χ3v) is 4.02. The molecular weight excluding hydrogens is 299 g/mol. The van der Waals surface area contributed by atoms with Gasteiger partial charge >= 0.3 is 0 Å². The zero-order valence-electron chi connectivity index (χ0n) is 10.5. The Kier molecular flexibility index (Phi) is 3.71. The molecule has 0 radical (unpaired) electrons. The maximum absolute atomic E-state index is 14.0. The number of aryl methyl sites for hydroxylation is 1. The van der Waals surface area contributed by atoms with Crippen molar-refractivity contribution in [3.8, 4) is 5.75 Å². The van der Waals surface area contributed by atoms with E-state index in [0.29, 0.717) is 12.1 Å².